The number of nitrogens with one attached hydrogen (secondary N) is 1. The number of carbonyl (C=O) groups excluding carboxylic acids is 1. The van der Waals surface area contributed by atoms with Crippen LogP contribution in [0, 0.1) is 29.1 Å². The molecule has 10 heteroatoms. The Balaban J connectivity index is 1.84. The molecule has 2 heterocycles. The fourth-order valence-electron chi connectivity index (χ4n) is 4.87. The third kappa shape index (κ3) is 8.92. The number of thiophene rings is 1. The molecule has 2 aromatic heterocycles. The standard InChI is InChI=1S/C30H42ClN5O3S/c1-19-8-12-22(13-9-19)28(37)36(24-18-23(16-17-30(4,5)6)40-27(24)29(38)39)21(3)11-10-20(2)34-35(7)26-15-14-25(31)32-33-26/h14-15,18-22,34H,8-13H2,1-7H3,(H,38,39)/t19?,20-,21-,22?/m1/s1. The van der Waals surface area contributed by atoms with Crippen molar-refractivity contribution in [1.82, 2.24) is 15.6 Å². The molecule has 0 saturated heterocycles. The van der Waals surface area contributed by atoms with E-state index < -0.39 is 5.97 Å². The molecule has 218 valence electrons. The van der Waals surface area contributed by atoms with Gasteiger partial charge in [-0.25, -0.2) is 10.2 Å². The summed E-state index contributed by atoms with van der Waals surface area (Å²) in [5.74, 6) is 6.46. The summed E-state index contributed by atoms with van der Waals surface area (Å²) in [6, 6.07) is 5.12. The Kier molecular flexibility index (Phi) is 11.0. The molecule has 40 heavy (non-hydrogen) atoms. The van der Waals surface area contributed by atoms with E-state index in [1.165, 1.54) is 0 Å². The van der Waals surface area contributed by atoms with E-state index in [1.54, 1.807) is 28.1 Å². The lowest BCUT2D eigenvalue weighted by molar-refractivity contribution is -0.124. The van der Waals surface area contributed by atoms with E-state index in [0.717, 1.165) is 43.4 Å². The zero-order valence-corrected chi connectivity index (χ0v) is 26.2. The van der Waals surface area contributed by atoms with Gasteiger partial charge in [0.1, 0.15) is 4.88 Å². The normalized spacial score (nSPS) is 18.8. The fourth-order valence-corrected chi connectivity index (χ4v) is 5.81. The number of carboxylic acids is 1. The van der Waals surface area contributed by atoms with Gasteiger partial charge in [-0.2, -0.15) is 0 Å². The van der Waals surface area contributed by atoms with Crippen molar-refractivity contribution >= 4 is 46.3 Å². The summed E-state index contributed by atoms with van der Waals surface area (Å²) >= 11 is 7.00. The van der Waals surface area contributed by atoms with Crippen LogP contribution in [-0.4, -0.2) is 46.3 Å². The highest BCUT2D eigenvalue weighted by Crippen LogP contribution is 2.37. The number of anilines is 2. The van der Waals surface area contributed by atoms with Crippen molar-refractivity contribution in [2.45, 2.75) is 92.2 Å². The molecule has 0 aliphatic heterocycles. The van der Waals surface area contributed by atoms with E-state index in [0.29, 0.717) is 33.9 Å². The van der Waals surface area contributed by atoms with Crippen molar-refractivity contribution in [3.05, 3.63) is 33.1 Å². The van der Waals surface area contributed by atoms with Gasteiger partial charge in [0.15, 0.2) is 11.0 Å². The second-order valence-electron chi connectivity index (χ2n) is 12.0. The molecule has 8 nitrogen and oxygen atoms in total. The molecule has 0 unspecified atom stereocenters. The van der Waals surface area contributed by atoms with Crippen LogP contribution in [0.2, 0.25) is 5.15 Å². The van der Waals surface area contributed by atoms with Crippen LogP contribution in [-0.2, 0) is 4.79 Å². The van der Waals surface area contributed by atoms with Gasteiger partial charge in [0.2, 0.25) is 5.91 Å². The van der Waals surface area contributed by atoms with Gasteiger partial charge in [0.25, 0.3) is 0 Å². The number of rotatable bonds is 10. The minimum Gasteiger partial charge on any atom is -0.477 e. The van der Waals surface area contributed by atoms with Gasteiger partial charge < -0.3 is 10.0 Å². The largest absolute Gasteiger partial charge is 0.477 e. The lowest BCUT2D eigenvalue weighted by Crippen LogP contribution is -2.45. The Morgan fingerprint density at radius 1 is 1.18 bits per heavy atom. The Bertz CT molecular complexity index is 1220. The SMILES string of the molecule is CC1CCC(C(=O)N(c2cc(C#CC(C)(C)C)sc2C(=O)O)[C@H](C)CC[C@@H](C)NN(C)c2ccc(Cl)nn2)CC1. The molecule has 0 aromatic carbocycles. The Morgan fingerprint density at radius 2 is 1.85 bits per heavy atom. The molecule has 2 aromatic rings. The predicted molar refractivity (Wildman–Crippen MR) is 163 cm³/mol. The highest BCUT2D eigenvalue weighted by molar-refractivity contribution is 7.15. The zero-order valence-electron chi connectivity index (χ0n) is 24.6. The van der Waals surface area contributed by atoms with Crippen LogP contribution >= 0.6 is 22.9 Å². The van der Waals surface area contributed by atoms with Gasteiger partial charge in [-0.15, -0.1) is 21.5 Å². The minimum atomic E-state index is -1.04. The van der Waals surface area contributed by atoms with Crippen molar-refractivity contribution in [1.29, 1.82) is 0 Å². The van der Waals surface area contributed by atoms with Crippen molar-refractivity contribution in [2.75, 3.05) is 17.0 Å². The van der Waals surface area contributed by atoms with Crippen LogP contribution < -0.4 is 15.3 Å². The third-order valence-corrected chi connectivity index (χ3v) is 8.39. The molecule has 2 atom stereocenters. The summed E-state index contributed by atoms with van der Waals surface area (Å²) < 4.78 is 0. The first-order valence-corrected chi connectivity index (χ1v) is 15.2. The quantitative estimate of drug-likeness (QED) is 0.237. The summed E-state index contributed by atoms with van der Waals surface area (Å²) in [6.45, 7) is 12.3. The number of aromatic nitrogens is 2. The third-order valence-electron chi connectivity index (χ3n) is 7.16. The number of carbonyl (C=O) groups is 2. The highest BCUT2D eigenvalue weighted by atomic mass is 35.5. The lowest BCUT2D eigenvalue weighted by Gasteiger charge is -2.35. The van der Waals surface area contributed by atoms with E-state index in [9.17, 15) is 14.7 Å². The molecule has 3 rings (SSSR count). The van der Waals surface area contributed by atoms with Crippen LogP contribution in [0.5, 0.6) is 0 Å². The number of nitrogens with zero attached hydrogens (tertiary/aromatic N) is 4. The van der Waals surface area contributed by atoms with E-state index in [4.69, 9.17) is 11.6 Å². The Hall–Kier alpha value is -2.67. The van der Waals surface area contributed by atoms with Crippen molar-refractivity contribution in [3.63, 3.8) is 0 Å². The van der Waals surface area contributed by atoms with Crippen molar-refractivity contribution in [3.8, 4) is 11.8 Å². The number of hydrogen-bond donors (Lipinski definition) is 2. The van der Waals surface area contributed by atoms with Gasteiger partial charge in [-0.3, -0.25) is 9.80 Å². The van der Waals surface area contributed by atoms with E-state index >= 15 is 0 Å². The molecule has 1 aliphatic carbocycles. The summed E-state index contributed by atoms with van der Waals surface area (Å²) in [5, 5.41) is 20.2. The first-order chi connectivity index (χ1) is 18.7. The second-order valence-corrected chi connectivity index (χ2v) is 13.5. The monoisotopic (exact) mass is 587 g/mol. The van der Waals surface area contributed by atoms with E-state index in [-0.39, 0.29) is 34.2 Å². The average molecular weight is 588 g/mol. The second kappa shape index (κ2) is 13.8. The molecule has 1 aliphatic rings. The number of aromatic carboxylic acids is 1. The van der Waals surface area contributed by atoms with Gasteiger partial charge in [0.05, 0.1) is 10.6 Å². The van der Waals surface area contributed by atoms with Crippen LogP contribution in [0.4, 0.5) is 11.5 Å². The molecule has 0 bridgehead atoms. The van der Waals surface area contributed by atoms with Gasteiger partial charge in [-0.1, -0.05) is 30.4 Å². The molecule has 1 amide bonds. The highest BCUT2D eigenvalue weighted by Gasteiger charge is 2.34. The molecular formula is C30H42ClN5O3S. The first-order valence-electron chi connectivity index (χ1n) is 14.0. The van der Waals surface area contributed by atoms with E-state index in [2.05, 4.69) is 41.3 Å². The van der Waals surface area contributed by atoms with Gasteiger partial charge in [-0.05, 0) is 97.3 Å². The topological polar surface area (TPSA) is 98.7 Å². The number of hydrazine groups is 1. The number of carboxylic acid groups (broad SMARTS) is 1. The van der Waals surface area contributed by atoms with Crippen molar-refractivity contribution < 1.29 is 14.7 Å². The van der Waals surface area contributed by atoms with Crippen LogP contribution in [0.25, 0.3) is 0 Å². The predicted octanol–water partition coefficient (Wildman–Crippen LogP) is 6.64. The summed E-state index contributed by atoms with van der Waals surface area (Å²) in [5.41, 5.74) is 3.63. The van der Waals surface area contributed by atoms with Crippen molar-refractivity contribution in [2.24, 2.45) is 17.3 Å². The fraction of sp³-hybridized carbons (Fsp3) is 0.600. The summed E-state index contributed by atoms with van der Waals surface area (Å²) in [6.07, 6.45) is 5.12. The zero-order chi connectivity index (χ0) is 29.6. The lowest BCUT2D eigenvalue weighted by atomic mass is 9.82. The first kappa shape index (κ1) is 31.9. The van der Waals surface area contributed by atoms with Gasteiger partial charge in [0, 0.05) is 30.5 Å². The molecule has 2 N–H and O–H groups in total. The maximum Gasteiger partial charge on any atom is 0.348 e. The molecule has 1 fully saturated rings. The van der Waals surface area contributed by atoms with Crippen LogP contribution in [0.3, 0.4) is 0 Å². The maximum absolute atomic E-state index is 14.0. The molecular weight excluding hydrogens is 546 g/mol. The molecule has 0 spiro atoms. The molecule has 1 saturated carbocycles. The number of halogens is 1. The Labute approximate surface area is 247 Å². The number of hydrogen-bond acceptors (Lipinski definition) is 7. The average Bonchev–Trinajstić information content (AvgIpc) is 3.31. The summed E-state index contributed by atoms with van der Waals surface area (Å²) in [4.78, 5) is 28.9. The minimum absolute atomic E-state index is 0.0178. The van der Waals surface area contributed by atoms with Crippen LogP contribution in [0.1, 0.15) is 94.6 Å². The smallest absolute Gasteiger partial charge is 0.348 e. The number of amides is 1. The molecule has 0 radical (unpaired) electrons. The van der Waals surface area contributed by atoms with Crippen LogP contribution in [0.15, 0.2) is 18.2 Å². The van der Waals surface area contributed by atoms with Gasteiger partial charge >= 0.3 is 5.97 Å². The maximum atomic E-state index is 14.0. The summed E-state index contributed by atoms with van der Waals surface area (Å²) in [7, 11) is 1.86. The Morgan fingerprint density at radius 3 is 2.42 bits per heavy atom. The van der Waals surface area contributed by atoms with E-state index in [1.807, 2.05) is 34.7 Å².